The van der Waals surface area contributed by atoms with E-state index in [4.69, 9.17) is 14.2 Å². The smallest absolute Gasteiger partial charge is 0.309 e. The number of methoxy groups -OCH3 is 1. The average molecular weight is 605 g/mol. The zero-order chi connectivity index (χ0) is 31.6. The van der Waals surface area contributed by atoms with E-state index in [1.165, 1.54) is 6.08 Å². The minimum absolute atomic E-state index is 0.0441. The van der Waals surface area contributed by atoms with Crippen molar-refractivity contribution < 1.29 is 33.4 Å². The lowest BCUT2D eigenvalue weighted by molar-refractivity contribution is -0.158. The summed E-state index contributed by atoms with van der Waals surface area (Å²) in [6.07, 6.45) is 3.40. The maximum absolute atomic E-state index is 13.5. The molecule has 1 fully saturated rings. The van der Waals surface area contributed by atoms with Gasteiger partial charge in [0.2, 0.25) is 11.8 Å². The van der Waals surface area contributed by atoms with Gasteiger partial charge in [-0.25, -0.2) is 0 Å². The molecule has 9 heteroatoms. The Bertz CT molecular complexity index is 1310. The van der Waals surface area contributed by atoms with Crippen molar-refractivity contribution in [1.82, 2.24) is 10.6 Å². The van der Waals surface area contributed by atoms with E-state index in [1.807, 2.05) is 63.2 Å². The highest BCUT2D eigenvalue weighted by atomic mass is 16.6. The van der Waals surface area contributed by atoms with Crippen LogP contribution in [0, 0.1) is 17.8 Å². The number of ketones is 1. The second-order valence-electron chi connectivity index (χ2n) is 12.1. The van der Waals surface area contributed by atoms with Gasteiger partial charge in [-0.1, -0.05) is 69.3 Å². The van der Waals surface area contributed by atoms with Crippen molar-refractivity contribution in [3.63, 3.8) is 0 Å². The van der Waals surface area contributed by atoms with Gasteiger partial charge >= 0.3 is 5.97 Å². The molecule has 2 N–H and O–H groups in total. The highest BCUT2D eigenvalue weighted by Crippen LogP contribution is 2.45. The molecule has 0 unspecified atom stereocenters. The minimum Gasteiger partial charge on any atom is -0.497 e. The SMILES string of the molecule is COc1ccc(C[C@H]2NC(=O)/C=C/C[C@@H]([C@H](C)[C@H]3O[C@@H]3c3ccccc3)OC(=O)[C@H](CC(C)C)CC(=O)CCNC2=O)cc1. The van der Waals surface area contributed by atoms with Crippen LogP contribution < -0.4 is 15.4 Å². The third kappa shape index (κ3) is 9.51. The minimum atomic E-state index is -0.851. The lowest BCUT2D eigenvalue weighted by Crippen LogP contribution is -2.48. The Labute approximate surface area is 259 Å². The van der Waals surface area contributed by atoms with Crippen molar-refractivity contribution >= 4 is 23.6 Å². The van der Waals surface area contributed by atoms with Gasteiger partial charge in [-0.15, -0.1) is 0 Å². The normalized spacial score (nSPS) is 26.7. The molecule has 2 aromatic carbocycles. The van der Waals surface area contributed by atoms with Crippen LogP contribution in [0.25, 0.3) is 0 Å². The Hall–Kier alpha value is -3.98. The lowest BCUT2D eigenvalue weighted by Gasteiger charge is -2.26. The molecule has 0 saturated carbocycles. The molecule has 4 rings (SSSR count). The molecule has 2 aliphatic heterocycles. The van der Waals surface area contributed by atoms with Crippen LogP contribution in [0.15, 0.2) is 66.7 Å². The van der Waals surface area contributed by atoms with Gasteiger partial charge in [0.15, 0.2) is 0 Å². The van der Waals surface area contributed by atoms with E-state index in [-0.39, 0.29) is 68.0 Å². The first-order valence-corrected chi connectivity index (χ1v) is 15.4. The molecule has 2 amide bonds. The molecule has 1 saturated heterocycles. The summed E-state index contributed by atoms with van der Waals surface area (Å²) in [7, 11) is 1.58. The van der Waals surface area contributed by atoms with Gasteiger partial charge in [0, 0.05) is 38.1 Å². The molecule has 2 heterocycles. The molecule has 6 atom stereocenters. The number of amides is 2. The van der Waals surface area contributed by atoms with Gasteiger partial charge in [-0.05, 0) is 41.7 Å². The second-order valence-corrected chi connectivity index (χ2v) is 12.1. The van der Waals surface area contributed by atoms with Crippen LogP contribution in [-0.2, 0) is 35.1 Å². The zero-order valence-electron chi connectivity index (χ0n) is 26.0. The van der Waals surface area contributed by atoms with Crippen LogP contribution in [0.4, 0.5) is 0 Å². The Morgan fingerprint density at radius 2 is 1.70 bits per heavy atom. The molecule has 44 heavy (non-hydrogen) atoms. The van der Waals surface area contributed by atoms with Crippen molar-refractivity contribution in [3.8, 4) is 5.75 Å². The van der Waals surface area contributed by atoms with Gasteiger partial charge in [-0.2, -0.15) is 0 Å². The highest BCUT2D eigenvalue weighted by Gasteiger charge is 2.47. The summed E-state index contributed by atoms with van der Waals surface area (Å²) in [4.78, 5) is 52.6. The molecule has 236 valence electrons. The van der Waals surface area contributed by atoms with E-state index in [2.05, 4.69) is 10.6 Å². The van der Waals surface area contributed by atoms with E-state index < -0.39 is 29.9 Å². The fraction of sp³-hybridized carbons (Fsp3) is 0.486. The molecular formula is C35H44N2O7. The summed E-state index contributed by atoms with van der Waals surface area (Å²) in [6, 6.07) is 16.3. The van der Waals surface area contributed by atoms with Gasteiger partial charge in [0.05, 0.1) is 19.1 Å². The maximum Gasteiger partial charge on any atom is 0.309 e. The molecule has 0 aliphatic carbocycles. The molecule has 0 bridgehead atoms. The Kier molecular flexibility index (Phi) is 11.7. The number of Topliss-reactive ketones (excluding diaryl/α,β-unsaturated/α-hetero) is 1. The van der Waals surface area contributed by atoms with Crippen molar-refractivity contribution in [2.24, 2.45) is 17.8 Å². The van der Waals surface area contributed by atoms with Gasteiger partial charge < -0.3 is 24.8 Å². The number of benzene rings is 2. The summed E-state index contributed by atoms with van der Waals surface area (Å²) in [5.74, 6) is -1.27. The van der Waals surface area contributed by atoms with E-state index in [0.29, 0.717) is 12.2 Å². The molecular weight excluding hydrogens is 560 g/mol. The zero-order valence-corrected chi connectivity index (χ0v) is 26.0. The van der Waals surface area contributed by atoms with E-state index in [1.54, 1.807) is 25.3 Å². The number of esters is 1. The first kappa shape index (κ1) is 32.9. The van der Waals surface area contributed by atoms with E-state index >= 15 is 0 Å². The number of hydrogen-bond acceptors (Lipinski definition) is 7. The summed E-state index contributed by atoms with van der Waals surface area (Å²) in [6.45, 7) is 6.09. The van der Waals surface area contributed by atoms with E-state index in [0.717, 1.165) is 11.1 Å². The Morgan fingerprint density at radius 1 is 0.977 bits per heavy atom. The monoisotopic (exact) mass is 604 g/mol. The van der Waals surface area contributed by atoms with Crippen molar-refractivity contribution in [2.75, 3.05) is 13.7 Å². The molecule has 0 spiro atoms. The second kappa shape index (κ2) is 15.7. The van der Waals surface area contributed by atoms with Crippen molar-refractivity contribution in [1.29, 1.82) is 0 Å². The standard InChI is InChI=1S/C35H44N2O7/c1-22(2)19-26-21-27(38)17-18-36-34(40)29(20-24-13-15-28(42-4)16-14-24)37-31(39)12-8-11-30(43-35(26)41)23(3)32-33(44-32)25-9-6-5-7-10-25/h5-10,12-16,22-23,26,29-30,32-33H,11,17-21H2,1-4H3,(H,36,40)(H,37,39)/b12-8+/t23-,26+,29+,30-,32+,33+/m0/s1. The van der Waals surface area contributed by atoms with E-state index in [9.17, 15) is 19.2 Å². The lowest BCUT2D eigenvalue weighted by atomic mass is 9.90. The number of carbonyl (C=O) groups is 4. The van der Waals surface area contributed by atoms with Crippen LogP contribution in [-0.4, -0.2) is 55.5 Å². The fourth-order valence-electron chi connectivity index (χ4n) is 5.65. The van der Waals surface area contributed by atoms with Crippen LogP contribution in [0.1, 0.15) is 63.7 Å². The van der Waals surface area contributed by atoms with Gasteiger partial charge in [-0.3, -0.25) is 19.2 Å². The summed E-state index contributed by atoms with van der Waals surface area (Å²) in [5.41, 5.74) is 1.90. The Balaban J connectivity index is 1.54. The number of ether oxygens (including phenoxy) is 3. The molecule has 0 radical (unpaired) electrons. The third-order valence-corrected chi connectivity index (χ3v) is 8.16. The number of nitrogens with one attached hydrogen (secondary N) is 2. The highest BCUT2D eigenvalue weighted by molar-refractivity contribution is 5.93. The maximum atomic E-state index is 13.5. The quantitative estimate of drug-likeness (QED) is 0.336. The largest absolute Gasteiger partial charge is 0.497 e. The van der Waals surface area contributed by atoms with Gasteiger partial charge in [0.1, 0.15) is 29.8 Å². The first-order valence-electron chi connectivity index (χ1n) is 15.4. The average Bonchev–Trinajstić information content (AvgIpc) is 3.81. The van der Waals surface area contributed by atoms with Crippen LogP contribution in [0.2, 0.25) is 0 Å². The number of hydrogen-bond donors (Lipinski definition) is 2. The third-order valence-electron chi connectivity index (χ3n) is 8.16. The number of cyclic esters (lactones) is 1. The predicted octanol–water partition coefficient (Wildman–Crippen LogP) is 4.50. The van der Waals surface area contributed by atoms with Crippen LogP contribution in [0.3, 0.4) is 0 Å². The predicted molar refractivity (Wildman–Crippen MR) is 166 cm³/mol. The van der Waals surface area contributed by atoms with Gasteiger partial charge in [0.25, 0.3) is 0 Å². The number of carbonyl (C=O) groups excluding carboxylic acids is 4. The molecule has 2 aliphatic rings. The molecule has 2 aromatic rings. The summed E-state index contributed by atoms with van der Waals surface area (Å²) in [5, 5.41) is 5.58. The fourth-order valence-corrected chi connectivity index (χ4v) is 5.65. The van der Waals surface area contributed by atoms with Crippen LogP contribution >= 0.6 is 0 Å². The first-order chi connectivity index (χ1) is 21.1. The van der Waals surface area contributed by atoms with Crippen molar-refractivity contribution in [2.45, 2.75) is 77.2 Å². The number of epoxide rings is 1. The van der Waals surface area contributed by atoms with Crippen molar-refractivity contribution in [3.05, 3.63) is 77.9 Å². The summed E-state index contributed by atoms with van der Waals surface area (Å²) < 4.78 is 17.3. The number of rotatable bonds is 8. The molecule has 0 aromatic heterocycles. The summed E-state index contributed by atoms with van der Waals surface area (Å²) >= 11 is 0. The van der Waals surface area contributed by atoms with Crippen LogP contribution in [0.5, 0.6) is 5.75 Å². The topological polar surface area (TPSA) is 123 Å². The Morgan fingerprint density at radius 3 is 2.39 bits per heavy atom. The molecule has 9 nitrogen and oxygen atoms in total.